The summed E-state index contributed by atoms with van der Waals surface area (Å²) in [6, 6.07) is 7.80. The maximum absolute atomic E-state index is 10.3. The lowest BCUT2D eigenvalue weighted by atomic mass is 9.91. The van der Waals surface area contributed by atoms with E-state index in [4.69, 9.17) is 9.47 Å². The fourth-order valence-electron chi connectivity index (χ4n) is 3.63. The number of rotatable bonds is 4. The molecule has 0 saturated heterocycles. The summed E-state index contributed by atoms with van der Waals surface area (Å²) in [7, 11) is 0. The Morgan fingerprint density at radius 2 is 1.93 bits per heavy atom. The van der Waals surface area contributed by atoms with Gasteiger partial charge in [-0.15, -0.1) is 0 Å². The molecule has 2 aromatic carbocycles. The minimum absolute atomic E-state index is 0.357. The summed E-state index contributed by atoms with van der Waals surface area (Å²) >= 11 is 0. The van der Waals surface area contributed by atoms with Gasteiger partial charge < -0.3 is 19.1 Å². The molecule has 6 nitrogen and oxygen atoms in total. The smallest absolute Gasteiger partial charge is 0.250 e. The first-order valence-corrected chi connectivity index (χ1v) is 9.67. The Hall–Kier alpha value is -3.28. The molecule has 1 atom stereocenters. The Balaban J connectivity index is 1.48. The number of hydrogen-bond acceptors (Lipinski definition) is 5. The summed E-state index contributed by atoms with van der Waals surface area (Å²) in [6.07, 6.45) is 8.30. The number of nitrogens with zero attached hydrogens (tertiary/aromatic N) is 3. The van der Waals surface area contributed by atoms with Gasteiger partial charge in [-0.2, -0.15) is 0 Å². The highest BCUT2D eigenvalue weighted by atomic mass is 16.7. The molecule has 1 aliphatic rings. The lowest BCUT2D eigenvalue weighted by Crippen LogP contribution is -2.39. The standard InChI is InChI=1S/C23H25N3O3/c1-15-16(2)22-20(17(3)21(15)27)9-10-23(4,29-22)28-14-25-18-5-7-19(8-6-18)26-12-11-24-13-26/h5-8,11-14,27H,9-10H2,1-4H3. The van der Waals surface area contributed by atoms with Crippen molar-refractivity contribution < 1.29 is 14.6 Å². The van der Waals surface area contributed by atoms with Crippen molar-refractivity contribution in [3.05, 3.63) is 65.2 Å². The van der Waals surface area contributed by atoms with Crippen molar-refractivity contribution in [2.24, 2.45) is 4.99 Å². The van der Waals surface area contributed by atoms with Gasteiger partial charge in [0.2, 0.25) is 5.79 Å². The van der Waals surface area contributed by atoms with Gasteiger partial charge >= 0.3 is 0 Å². The van der Waals surface area contributed by atoms with Crippen LogP contribution >= 0.6 is 0 Å². The number of aliphatic imine (C=N–C) groups is 1. The molecule has 0 spiro atoms. The van der Waals surface area contributed by atoms with Crippen LogP contribution in [0.2, 0.25) is 0 Å². The molecule has 6 heteroatoms. The highest BCUT2D eigenvalue weighted by Crippen LogP contribution is 2.43. The molecule has 1 unspecified atom stereocenters. The molecule has 4 rings (SSSR count). The number of fused-ring (bicyclic) bond motifs is 1. The lowest BCUT2D eigenvalue weighted by Gasteiger charge is -2.36. The second-order valence-corrected chi connectivity index (χ2v) is 7.61. The molecule has 1 N–H and O–H groups in total. The zero-order valence-corrected chi connectivity index (χ0v) is 17.1. The van der Waals surface area contributed by atoms with Crippen molar-refractivity contribution in [1.29, 1.82) is 0 Å². The van der Waals surface area contributed by atoms with E-state index in [0.29, 0.717) is 12.2 Å². The minimum atomic E-state index is -0.798. The second-order valence-electron chi connectivity index (χ2n) is 7.61. The Kier molecular flexibility index (Phi) is 4.78. The molecule has 2 heterocycles. The van der Waals surface area contributed by atoms with E-state index >= 15 is 0 Å². The van der Waals surface area contributed by atoms with E-state index in [1.165, 1.54) is 6.40 Å². The maximum Gasteiger partial charge on any atom is 0.250 e. The van der Waals surface area contributed by atoms with Gasteiger partial charge in [-0.3, -0.25) is 0 Å². The van der Waals surface area contributed by atoms with Gasteiger partial charge in [0.1, 0.15) is 11.5 Å². The van der Waals surface area contributed by atoms with E-state index in [2.05, 4.69) is 9.98 Å². The van der Waals surface area contributed by atoms with Crippen molar-refractivity contribution in [2.75, 3.05) is 0 Å². The van der Waals surface area contributed by atoms with Gasteiger partial charge in [-0.25, -0.2) is 9.98 Å². The van der Waals surface area contributed by atoms with Gasteiger partial charge in [0.15, 0.2) is 6.40 Å². The number of phenols is 1. The van der Waals surface area contributed by atoms with Crippen LogP contribution in [0.4, 0.5) is 5.69 Å². The summed E-state index contributed by atoms with van der Waals surface area (Å²) in [5, 5.41) is 10.3. The van der Waals surface area contributed by atoms with Crippen LogP contribution in [-0.2, 0) is 11.2 Å². The number of ether oxygens (including phenoxy) is 2. The van der Waals surface area contributed by atoms with E-state index in [0.717, 1.165) is 45.8 Å². The van der Waals surface area contributed by atoms with E-state index in [-0.39, 0.29) is 0 Å². The fourth-order valence-corrected chi connectivity index (χ4v) is 3.63. The molecule has 0 bridgehead atoms. The van der Waals surface area contributed by atoms with Crippen LogP contribution in [0.5, 0.6) is 11.5 Å². The molecule has 150 valence electrons. The number of phenolic OH excluding ortho intramolecular Hbond substituents is 1. The van der Waals surface area contributed by atoms with Crippen LogP contribution in [0.3, 0.4) is 0 Å². The van der Waals surface area contributed by atoms with Crippen molar-refractivity contribution in [3.8, 4) is 17.2 Å². The molecular formula is C23H25N3O3. The molecule has 1 aromatic heterocycles. The first-order chi connectivity index (χ1) is 13.9. The molecule has 1 aliphatic heterocycles. The van der Waals surface area contributed by atoms with Crippen LogP contribution in [0.1, 0.15) is 35.6 Å². The topological polar surface area (TPSA) is 68.9 Å². The average molecular weight is 391 g/mol. The van der Waals surface area contributed by atoms with Gasteiger partial charge in [0.05, 0.1) is 12.0 Å². The summed E-state index contributed by atoms with van der Waals surface area (Å²) < 4.78 is 14.1. The van der Waals surface area contributed by atoms with Crippen molar-refractivity contribution in [1.82, 2.24) is 9.55 Å². The van der Waals surface area contributed by atoms with Gasteiger partial charge in [-0.1, -0.05) is 0 Å². The minimum Gasteiger partial charge on any atom is -0.507 e. The normalized spacial score (nSPS) is 18.5. The summed E-state index contributed by atoms with van der Waals surface area (Å²) in [6.45, 7) is 7.72. The van der Waals surface area contributed by atoms with Crippen molar-refractivity contribution in [3.63, 3.8) is 0 Å². The Morgan fingerprint density at radius 3 is 2.62 bits per heavy atom. The van der Waals surface area contributed by atoms with Gasteiger partial charge in [0, 0.05) is 37.0 Å². The highest BCUT2D eigenvalue weighted by molar-refractivity contribution is 5.59. The third-order valence-corrected chi connectivity index (χ3v) is 5.64. The van der Waals surface area contributed by atoms with Crippen LogP contribution < -0.4 is 4.74 Å². The Bertz CT molecular complexity index is 1060. The maximum atomic E-state index is 10.3. The van der Waals surface area contributed by atoms with E-state index < -0.39 is 5.79 Å². The monoisotopic (exact) mass is 391 g/mol. The summed E-state index contributed by atoms with van der Waals surface area (Å²) in [4.78, 5) is 8.46. The first-order valence-electron chi connectivity index (χ1n) is 9.67. The average Bonchev–Trinajstić information content (AvgIpc) is 3.26. The molecule has 0 saturated carbocycles. The number of aromatic nitrogens is 2. The molecule has 0 amide bonds. The van der Waals surface area contributed by atoms with E-state index in [9.17, 15) is 5.11 Å². The number of hydrogen-bond donors (Lipinski definition) is 1. The third kappa shape index (κ3) is 3.58. The zero-order valence-electron chi connectivity index (χ0n) is 17.1. The number of imidazole rings is 1. The fraction of sp³-hybridized carbons (Fsp3) is 0.304. The van der Waals surface area contributed by atoms with E-state index in [1.807, 2.05) is 62.7 Å². The molecule has 29 heavy (non-hydrogen) atoms. The van der Waals surface area contributed by atoms with Crippen molar-refractivity contribution >= 4 is 12.1 Å². The molecular weight excluding hydrogens is 366 g/mol. The second kappa shape index (κ2) is 7.28. The van der Waals surface area contributed by atoms with E-state index in [1.54, 1.807) is 12.5 Å². The lowest BCUT2D eigenvalue weighted by molar-refractivity contribution is -0.117. The van der Waals surface area contributed by atoms with Crippen LogP contribution in [0.25, 0.3) is 5.69 Å². The van der Waals surface area contributed by atoms with Gasteiger partial charge in [0.25, 0.3) is 0 Å². The largest absolute Gasteiger partial charge is 0.507 e. The predicted octanol–water partition coefficient (Wildman–Crippen LogP) is 4.92. The van der Waals surface area contributed by atoms with Gasteiger partial charge in [-0.05, 0) is 68.1 Å². The SMILES string of the molecule is Cc1c(C)c2c(c(C)c1O)CCC(C)(OC=Nc1ccc(-n3ccnc3)cc1)O2. The summed E-state index contributed by atoms with van der Waals surface area (Å²) in [5.74, 6) is 0.369. The zero-order chi connectivity index (χ0) is 20.6. The predicted molar refractivity (Wildman–Crippen MR) is 112 cm³/mol. The quantitative estimate of drug-likeness (QED) is 0.506. The third-order valence-electron chi connectivity index (χ3n) is 5.64. The molecule has 0 radical (unpaired) electrons. The summed E-state index contributed by atoms with van der Waals surface area (Å²) in [5.41, 5.74) is 5.55. The highest BCUT2D eigenvalue weighted by Gasteiger charge is 2.35. The number of aromatic hydroxyl groups is 1. The Labute approximate surface area is 170 Å². The molecule has 0 aliphatic carbocycles. The van der Waals surface area contributed by atoms with Crippen LogP contribution in [0, 0.1) is 20.8 Å². The molecule has 3 aromatic rings. The first kappa shape index (κ1) is 19.1. The van der Waals surface area contributed by atoms with Crippen molar-refractivity contribution in [2.45, 2.75) is 46.3 Å². The van der Waals surface area contributed by atoms with Crippen LogP contribution in [-0.4, -0.2) is 26.8 Å². The Morgan fingerprint density at radius 1 is 1.17 bits per heavy atom. The van der Waals surface area contributed by atoms with Crippen LogP contribution in [0.15, 0.2) is 48.0 Å². The molecule has 0 fully saturated rings. The number of benzene rings is 2.